The lowest BCUT2D eigenvalue weighted by molar-refractivity contribution is 0.506. The van der Waals surface area contributed by atoms with Gasteiger partial charge < -0.3 is 4.57 Å². The molecule has 3 nitrogen and oxygen atoms in total. The Labute approximate surface area is 125 Å². The first-order chi connectivity index (χ1) is 10.1. The summed E-state index contributed by atoms with van der Waals surface area (Å²) >= 11 is 5.91. The summed E-state index contributed by atoms with van der Waals surface area (Å²) in [4.78, 5) is 8.54. The molecule has 1 unspecified atom stereocenters. The number of nitrogens with zero attached hydrogens (tertiary/aromatic N) is 3. The van der Waals surface area contributed by atoms with Crippen molar-refractivity contribution < 1.29 is 8.78 Å². The second-order valence-electron chi connectivity index (χ2n) is 4.69. The zero-order valence-corrected chi connectivity index (χ0v) is 12.0. The highest BCUT2D eigenvalue weighted by atomic mass is 35.5. The molecule has 0 saturated carbocycles. The van der Waals surface area contributed by atoms with Crippen molar-refractivity contribution in [3.63, 3.8) is 0 Å². The lowest BCUT2D eigenvalue weighted by Gasteiger charge is -2.16. The molecule has 0 aliphatic carbocycles. The first-order valence-corrected chi connectivity index (χ1v) is 6.98. The molecule has 1 atom stereocenters. The minimum atomic E-state index is -0.917. The lowest BCUT2D eigenvalue weighted by atomic mass is 10.2. The van der Waals surface area contributed by atoms with Gasteiger partial charge in [0.2, 0.25) is 0 Å². The van der Waals surface area contributed by atoms with Gasteiger partial charge in [-0.15, -0.1) is 11.6 Å². The largest absolute Gasteiger partial charge is 0.316 e. The van der Waals surface area contributed by atoms with Crippen molar-refractivity contribution in [3.8, 4) is 0 Å². The summed E-state index contributed by atoms with van der Waals surface area (Å²) in [7, 11) is 0. The molecule has 0 amide bonds. The van der Waals surface area contributed by atoms with E-state index in [-0.39, 0.29) is 17.4 Å². The Kier molecular flexibility index (Phi) is 3.59. The average Bonchev–Trinajstić information content (AvgIpc) is 2.90. The molecule has 6 heteroatoms. The van der Waals surface area contributed by atoms with Crippen molar-refractivity contribution in [1.82, 2.24) is 14.5 Å². The number of halogens is 3. The summed E-state index contributed by atoms with van der Waals surface area (Å²) in [6.45, 7) is 1.85. The third-order valence-corrected chi connectivity index (χ3v) is 3.68. The molecule has 1 aromatic carbocycles. The third-order valence-electron chi connectivity index (χ3n) is 3.44. The third kappa shape index (κ3) is 2.27. The minimum Gasteiger partial charge on any atom is -0.316 e. The lowest BCUT2D eigenvalue weighted by Crippen LogP contribution is -2.12. The van der Waals surface area contributed by atoms with E-state index in [1.54, 1.807) is 16.8 Å². The van der Waals surface area contributed by atoms with Gasteiger partial charge in [0.1, 0.15) is 11.3 Å². The van der Waals surface area contributed by atoms with Crippen LogP contribution in [0.25, 0.3) is 11.0 Å². The smallest absolute Gasteiger partial charge is 0.184 e. The van der Waals surface area contributed by atoms with E-state index in [4.69, 9.17) is 11.6 Å². The van der Waals surface area contributed by atoms with E-state index in [1.807, 2.05) is 19.1 Å². The molecule has 0 spiro atoms. The zero-order valence-electron chi connectivity index (χ0n) is 11.2. The Morgan fingerprint density at radius 2 is 2.05 bits per heavy atom. The Morgan fingerprint density at radius 1 is 1.24 bits per heavy atom. The number of aromatic nitrogens is 3. The summed E-state index contributed by atoms with van der Waals surface area (Å²) in [6, 6.07) is 7.68. The summed E-state index contributed by atoms with van der Waals surface area (Å²) in [6.07, 6.45) is 1.66. The van der Waals surface area contributed by atoms with Gasteiger partial charge in [0.25, 0.3) is 0 Å². The molecule has 108 valence electrons. The van der Waals surface area contributed by atoms with E-state index in [0.717, 1.165) is 11.8 Å². The molecule has 0 N–H and O–H groups in total. The Balaban J connectivity index is 2.27. The molecule has 0 radical (unpaired) electrons. The fraction of sp³-hybridized carbons (Fsp3) is 0.200. The van der Waals surface area contributed by atoms with Gasteiger partial charge >= 0.3 is 0 Å². The van der Waals surface area contributed by atoms with Crippen molar-refractivity contribution in [2.75, 3.05) is 0 Å². The van der Waals surface area contributed by atoms with Gasteiger partial charge in [0, 0.05) is 6.20 Å². The molecule has 3 aromatic rings. The topological polar surface area (TPSA) is 30.7 Å². The first kappa shape index (κ1) is 13.9. The fourth-order valence-electron chi connectivity index (χ4n) is 2.44. The van der Waals surface area contributed by atoms with Crippen molar-refractivity contribution in [3.05, 3.63) is 59.7 Å². The van der Waals surface area contributed by atoms with E-state index in [1.165, 1.54) is 6.07 Å². The molecule has 3 rings (SSSR count). The predicted octanol–water partition coefficient (Wildman–Crippen LogP) is 4.06. The van der Waals surface area contributed by atoms with Crippen LogP contribution in [-0.4, -0.2) is 14.5 Å². The molecular formula is C15H12ClF2N3. The van der Waals surface area contributed by atoms with Gasteiger partial charge in [-0.1, -0.05) is 6.07 Å². The van der Waals surface area contributed by atoms with Crippen LogP contribution < -0.4 is 0 Å². The standard InChI is InChI=1S/C15H12ClF2N3/c1-9(11-4-2-3-7-19-11)21-13(8-16)20-12-6-5-10(17)14(18)15(12)21/h2-7,9H,8H2,1H3. The molecule has 0 aliphatic heterocycles. The number of benzene rings is 1. The van der Waals surface area contributed by atoms with Gasteiger partial charge in [-0.2, -0.15) is 0 Å². The highest BCUT2D eigenvalue weighted by Gasteiger charge is 2.21. The van der Waals surface area contributed by atoms with Crippen LogP contribution in [-0.2, 0) is 5.88 Å². The van der Waals surface area contributed by atoms with Gasteiger partial charge in [0.15, 0.2) is 11.6 Å². The van der Waals surface area contributed by atoms with Crippen LogP contribution in [0.4, 0.5) is 8.78 Å². The molecule has 21 heavy (non-hydrogen) atoms. The van der Waals surface area contributed by atoms with Crippen LogP contribution in [0, 0.1) is 11.6 Å². The highest BCUT2D eigenvalue weighted by molar-refractivity contribution is 6.16. The quantitative estimate of drug-likeness (QED) is 0.683. The maximum absolute atomic E-state index is 14.2. The molecule has 2 heterocycles. The predicted molar refractivity (Wildman–Crippen MR) is 77.3 cm³/mol. The molecule has 0 aliphatic rings. The molecule has 0 bridgehead atoms. The fourth-order valence-corrected chi connectivity index (χ4v) is 2.63. The van der Waals surface area contributed by atoms with Crippen molar-refractivity contribution in [2.45, 2.75) is 18.8 Å². The molecular weight excluding hydrogens is 296 g/mol. The monoisotopic (exact) mass is 307 g/mol. The SMILES string of the molecule is CC(c1ccccn1)n1c(CCl)nc2ccc(F)c(F)c21. The normalized spacial score (nSPS) is 12.8. The van der Waals surface area contributed by atoms with Crippen LogP contribution in [0.2, 0.25) is 0 Å². The number of fused-ring (bicyclic) bond motifs is 1. The van der Waals surface area contributed by atoms with Crippen molar-refractivity contribution in [1.29, 1.82) is 0 Å². The van der Waals surface area contributed by atoms with Gasteiger partial charge in [-0.25, -0.2) is 13.8 Å². The summed E-state index contributed by atoms with van der Waals surface area (Å²) in [5.41, 5.74) is 1.22. The van der Waals surface area contributed by atoms with Crippen LogP contribution in [0.15, 0.2) is 36.5 Å². The second-order valence-corrected chi connectivity index (χ2v) is 4.96. The molecule has 0 fully saturated rings. The van der Waals surface area contributed by atoms with Crippen molar-refractivity contribution in [2.24, 2.45) is 0 Å². The maximum atomic E-state index is 14.2. The van der Waals surface area contributed by atoms with Crippen LogP contribution in [0.3, 0.4) is 0 Å². The number of rotatable bonds is 3. The maximum Gasteiger partial charge on any atom is 0.184 e. The van der Waals surface area contributed by atoms with Gasteiger partial charge in [0.05, 0.1) is 23.1 Å². The number of hydrogen-bond acceptors (Lipinski definition) is 2. The van der Waals surface area contributed by atoms with E-state index >= 15 is 0 Å². The van der Waals surface area contributed by atoms with Gasteiger partial charge in [-0.05, 0) is 31.2 Å². The van der Waals surface area contributed by atoms with Crippen LogP contribution in [0.5, 0.6) is 0 Å². The van der Waals surface area contributed by atoms with Crippen LogP contribution in [0.1, 0.15) is 24.5 Å². The van der Waals surface area contributed by atoms with E-state index in [2.05, 4.69) is 9.97 Å². The second kappa shape index (κ2) is 5.41. The number of pyridine rings is 1. The van der Waals surface area contributed by atoms with Crippen molar-refractivity contribution >= 4 is 22.6 Å². The minimum absolute atomic E-state index is 0.104. The van der Waals surface area contributed by atoms with Gasteiger partial charge in [-0.3, -0.25) is 4.98 Å². The van der Waals surface area contributed by atoms with E-state index in [9.17, 15) is 8.78 Å². The first-order valence-electron chi connectivity index (χ1n) is 6.45. The van der Waals surface area contributed by atoms with Crippen LogP contribution >= 0.6 is 11.6 Å². The number of imidazole rings is 1. The number of hydrogen-bond donors (Lipinski definition) is 0. The molecule has 0 saturated heterocycles. The zero-order chi connectivity index (χ0) is 15.0. The van der Waals surface area contributed by atoms with E-state index in [0.29, 0.717) is 11.3 Å². The number of alkyl halides is 1. The summed E-state index contributed by atoms with van der Waals surface area (Å²) in [5, 5.41) is 0. The summed E-state index contributed by atoms with van der Waals surface area (Å²) < 4.78 is 29.3. The average molecular weight is 308 g/mol. The Morgan fingerprint density at radius 3 is 2.71 bits per heavy atom. The Bertz CT molecular complexity index is 786. The Hall–Kier alpha value is -2.01. The van der Waals surface area contributed by atoms with E-state index < -0.39 is 11.6 Å². The summed E-state index contributed by atoms with van der Waals surface area (Å²) in [5.74, 6) is -1.24. The molecule has 2 aromatic heterocycles. The highest BCUT2D eigenvalue weighted by Crippen LogP contribution is 2.28.